The molecule has 0 saturated carbocycles. The quantitative estimate of drug-likeness (QED) is 0.549. The van der Waals surface area contributed by atoms with Gasteiger partial charge in [0.1, 0.15) is 0 Å². The number of aromatic nitrogens is 2. The zero-order valence-corrected chi connectivity index (χ0v) is 17.8. The minimum Gasteiger partial charge on any atom is -0.501 e. The van der Waals surface area contributed by atoms with Crippen molar-refractivity contribution in [2.24, 2.45) is 7.05 Å². The monoisotopic (exact) mass is 462 g/mol. The largest absolute Gasteiger partial charge is 0.501 e. The van der Waals surface area contributed by atoms with Crippen molar-refractivity contribution in [1.29, 1.82) is 0 Å². The zero-order valence-electron chi connectivity index (χ0n) is 15.4. The number of anilines is 1. The van der Waals surface area contributed by atoms with E-state index >= 15 is 0 Å². The number of nitrogens with zero attached hydrogens (tertiary/aromatic N) is 3. The van der Waals surface area contributed by atoms with Crippen molar-refractivity contribution in [2.75, 3.05) is 16.6 Å². The van der Waals surface area contributed by atoms with Crippen molar-refractivity contribution in [2.45, 2.75) is 19.4 Å². The van der Waals surface area contributed by atoms with Gasteiger partial charge in [-0.3, -0.25) is 23.3 Å². The van der Waals surface area contributed by atoms with Gasteiger partial charge in [0.25, 0.3) is 11.5 Å². The molecule has 1 saturated heterocycles. The molecular formula is C17H20Cl2N4O5S. The van der Waals surface area contributed by atoms with Gasteiger partial charge >= 0.3 is 0 Å². The van der Waals surface area contributed by atoms with Gasteiger partial charge in [0.2, 0.25) is 11.7 Å². The lowest BCUT2D eigenvalue weighted by Crippen LogP contribution is -2.39. The summed E-state index contributed by atoms with van der Waals surface area (Å²) < 4.78 is 22.9. The van der Waals surface area contributed by atoms with E-state index in [1.807, 2.05) is 0 Å². The summed E-state index contributed by atoms with van der Waals surface area (Å²) in [4.78, 5) is 29.1. The zero-order chi connectivity index (χ0) is 21.3. The van der Waals surface area contributed by atoms with Crippen LogP contribution in [0.25, 0.3) is 0 Å². The van der Waals surface area contributed by atoms with Gasteiger partial charge in [0, 0.05) is 30.2 Å². The van der Waals surface area contributed by atoms with Crippen molar-refractivity contribution in [3.05, 3.63) is 49.9 Å². The average molecular weight is 463 g/mol. The Balaban J connectivity index is 1.91. The molecule has 3 rings (SSSR count). The number of rotatable bonds is 4. The summed E-state index contributed by atoms with van der Waals surface area (Å²) >= 11 is 11.9. The minimum absolute atomic E-state index is 0.0133. The number of aromatic hydroxyl groups is 1. The lowest BCUT2D eigenvalue weighted by molar-refractivity contribution is 0.0942. The van der Waals surface area contributed by atoms with Crippen LogP contribution in [0.4, 0.5) is 5.95 Å². The number of nitrogens with one attached hydrogen (secondary N) is 1. The molecule has 1 aromatic carbocycles. The Morgan fingerprint density at radius 3 is 2.69 bits per heavy atom. The Kier molecular flexibility index (Phi) is 6.30. The molecule has 12 heteroatoms. The fraction of sp³-hybridized carbons (Fsp3) is 0.353. The molecule has 158 valence electrons. The number of benzene rings is 1. The molecule has 0 atom stereocenters. The summed E-state index contributed by atoms with van der Waals surface area (Å²) in [6.45, 7) is 0.272. The smallest absolute Gasteiger partial charge is 0.297 e. The average Bonchev–Trinajstić information content (AvgIpc) is 2.66. The van der Waals surface area contributed by atoms with E-state index in [0.29, 0.717) is 28.5 Å². The van der Waals surface area contributed by atoms with Crippen LogP contribution < -0.4 is 15.2 Å². The predicted octanol–water partition coefficient (Wildman–Crippen LogP) is 2.99. The van der Waals surface area contributed by atoms with E-state index in [9.17, 15) is 23.8 Å². The molecule has 1 aliphatic rings. The SMILES string of the molecule is Cn1c(N2CCCCS2(O)O)nc(C(=O)NCc2ccc(Cl)cc2Cl)c(O)c1=O. The molecule has 9 nitrogen and oxygen atoms in total. The summed E-state index contributed by atoms with van der Waals surface area (Å²) in [5.41, 5.74) is -0.794. The third-order valence-corrected chi connectivity index (χ3v) is 6.99. The van der Waals surface area contributed by atoms with Crippen LogP contribution in [-0.2, 0) is 13.6 Å². The fourth-order valence-corrected chi connectivity index (χ4v) is 5.06. The summed E-state index contributed by atoms with van der Waals surface area (Å²) in [5, 5.41) is 13.5. The number of carbonyl (C=O) groups is 1. The number of hydrogen-bond acceptors (Lipinski definition) is 7. The molecule has 29 heavy (non-hydrogen) atoms. The second kappa shape index (κ2) is 8.41. The lowest BCUT2D eigenvalue weighted by Gasteiger charge is -2.46. The molecule has 0 aliphatic carbocycles. The van der Waals surface area contributed by atoms with Crippen LogP contribution in [0, 0.1) is 0 Å². The van der Waals surface area contributed by atoms with Gasteiger partial charge in [-0.05, 0) is 30.5 Å². The van der Waals surface area contributed by atoms with Crippen LogP contribution in [-0.4, -0.2) is 42.0 Å². The molecule has 0 unspecified atom stereocenters. The summed E-state index contributed by atoms with van der Waals surface area (Å²) in [7, 11) is -1.83. The van der Waals surface area contributed by atoms with E-state index in [1.165, 1.54) is 17.4 Å². The van der Waals surface area contributed by atoms with E-state index in [-0.39, 0.29) is 24.8 Å². The van der Waals surface area contributed by atoms with Crippen molar-refractivity contribution < 1.29 is 19.0 Å². The third-order valence-electron chi connectivity index (χ3n) is 4.52. The van der Waals surface area contributed by atoms with Gasteiger partial charge in [-0.2, -0.15) is 0 Å². The number of halogens is 2. The van der Waals surface area contributed by atoms with Crippen LogP contribution >= 0.6 is 34.0 Å². The van der Waals surface area contributed by atoms with Crippen molar-refractivity contribution in [1.82, 2.24) is 14.9 Å². The van der Waals surface area contributed by atoms with Gasteiger partial charge in [0.05, 0.1) is 5.75 Å². The lowest BCUT2D eigenvalue weighted by atomic mass is 10.2. The van der Waals surface area contributed by atoms with Gasteiger partial charge < -0.3 is 10.4 Å². The Bertz CT molecular complexity index is 1010. The first-order valence-corrected chi connectivity index (χ1v) is 11.1. The molecule has 2 heterocycles. The highest BCUT2D eigenvalue weighted by Gasteiger charge is 2.32. The molecular weight excluding hydrogens is 443 g/mol. The number of amides is 1. The molecule has 1 fully saturated rings. The van der Waals surface area contributed by atoms with E-state index in [1.54, 1.807) is 12.1 Å². The topological polar surface area (TPSA) is 128 Å². The molecule has 0 radical (unpaired) electrons. The Labute approximate surface area is 178 Å². The van der Waals surface area contributed by atoms with Crippen molar-refractivity contribution in [3.63, 3.8) is 0 Å². The van der Waals surface area contributed by atoms with Gasteiger partial charge in [-0.1, -0.05) is 29.3 Å². The highest BCUT2D eigenvalue weighted by atomic mass is 35.5. The van der Waals surface area contributed by atoms with Crippen molar-refractivity contribution in [3.8, 4) is 5.75 Å². The maximum atomic E-state index is 12.6. The number of hydrogen-bond donors (Lipinski definition) is 4. The first-order valence-electron chi connectivity index (χ1n) is 8.67. The Morgan fingerprint density at radius 2 is 2.03 bits per heavy atom. The maximum Gasteiger partial charge on any atom is 0.297 e. The van der Waals surface area contributed by atoms with Crippen LogP contribution in [0.2, 0.25) is 10.0 Å². The normalized spacial score (nSPS) is 17.1. The highest BCUT2D eigenvalue weighted by molar-refractivity contribution is 8.25. The van der Waals surface area contributed by atoms with Gasteiger partial charge in [0.15, 0.2) is 5.69 Å². The third kappa shape index (κ3) is 4.46. The molecule has 1 aliphatic heterocycles. The molecule has 4 N–H and O–H groups in total. The maximum absolute atomic E-state index is 12.6. The van der Waals surface area contributed by atoms with Crippen LogP contribution in [0.1, 0.15) is 28.9 Å². The Morgan fingerprint density at radius 1 is 1.31 bits per heavy atom. The molecule has 0 spiro atoms. The van der Waals surface area contributed by atoms with Gasteiger partial charge in [-0.25, -0.2) is 9.29 Å². The first-order chi connectivity index (χ1) is 13.6. The summed E-state index contributed by atoms with van der Waals surface area (Å²) in [6.07, 6.45) is 1.29. The predicted molar refractivity (Wildman–Crippen MR) is 113 cm³/mol. The molecule has 1 aromatic heterocycles. The number of carbonyl (C=O) groups excluding carboxylic acids is 1. The van der Waals surface area contributed by atoms with E-state index in [2.05, 4.69) is 10.3 Å². The van der Waals surface area contributed by atoms with Crippen LogP contribution in [0.15, 0.2) is 23.0 Å². The van der Waals surface area contributed by atoms with Crippen LogP contribution in [0.3, 0.4) is 0 Å². The molecule has 0 bridgehead atoms. The summed E-state index contributed by atoms with van der Waals surface area (Å²) in [5.74, 6) is -1.59. The molecule has 2 aromatic rings. The minimum atomic E-state index is -3.17. The van der Waals surface area contributed by atoms with E-state index in [4.69, 9.17) is 23.2 Å². The van der Waals surface area contributed by atoms with Gasteiger partial charge in [-0.15, -0.1) is 10.8 Å². The van der Waals surface area contributed by atoms with E-state index in [0.717, 1.165) is 4.57 Å². The van der Waals surface area contributed by atoms with E-state index < -0.39 is 33.7 Å². The fourth-order valence-electron chi connectivity index (χ4n) is 2.92. The standard InChI is InChI=1S/C17H20Cl2N4O5S/c1-22-16(26)14(24)13(21-17(22)23-6-2-3-7-29(23,27)28)15(25)20-9-10-4-5-11(18)8-12(10)19/h4-5,8,24,27-28H,2-3,6-7,9H2,1H3,(H,20,25). The van der Waals surface area contributed by atoms with Crippen LogP contribution in [0.5, 0.6) is 5.75 Å². The Hall–Kier alpha value is -1.98. The second-order valence-electron chi connectivity index (χ2n) is 6.54. The highest BCUT2D eigenvalue weighted by Crippen LogP contribution is 2.48. The molecule has 1 amide bonds. The van der Waals surface area contributed by atoms with Crippen molar-refractivity contribution >= 4 is 45.8 Å². The second-order valence-corrected chi connectivity index (χ2v) is 9.49. The summed E-state index contributed by atoms with van der Waals surface area (Å²) in [6, 6.07) is 4.77. The first kappa shape index (κ1) is 21.7.